The van der Waals surface area contributed by atoms with Crippen LogP contribution in [0.2, 0.25) is 0 Å². The molecule has 1 aliphatic heterocycles. The van der Waals surface area contributed by atoms with Crippen molar-refractivity contribution >= 4 is 12.1 Å². The molecule has 1 saturated heterocycles. The summed E-state index contributed by atoms with van der Waals surface area (Å²) in [5.41, 5.74) is -0.601. The molecule has 0 saturated carbocycles. The highest BCUT2D eigenvalue weighted by atomic mass is 16.6. The second-order valence-electron chi connectivity index (χ2n) is 6.72. The minimum Gasteiger partial charge on any atom is -0.480 e. The predicted molar refractivity (Wildman–Crippen MR) is 71.9 cm³/mol. The van der Waals surface area contributed by atoms with Crippen molar-refractivity contribution in [2.24, 2.45) is 11.8 Å². The van der Waals surface area contributed by atoms with Gasteiger partial charge >= 0.3 is 12.1 Å². The molecule has 1 heterocycles. The molecule has 0 aromatic rings. The van der Waals surface area contributed by atoms with Gasteiger partial charge in [-0.25, -0.2) is 9.59 Å². The Hall–Kier alpha value is -1.26. The molecule has 0 aromatic carbocycles. The van der Waals surface area contributed by atoms with E-state index in [9.17, 15) is 14.7 Å². The molecule has 5 nitrogen and oxygen atoms in total. The maximum atomic E-state index is 12.0. The molecule has 0 aliphatic carbocycles. The van der Waals surface area contributed by atoms with E-state index in [0.717, 1.165) is 6.42 Å². The van der Waals surface area contributed by atoms with Gasteiger partial charge in [0.25, 0.3) is 0 Å². The highest BCUT2D eigenvalue weighted by molar-refractivity contribution is 5.80. The van der Waals surface area contributed by atoms with Crippen molar-refractivity contribution < 1.29 is 19.4 Å². The fraction of sp³-hybridized carbons (Fsp3) is 0.857. The Morgan fingerprint density at radius 3 is 2.37 bits per heavy atom. The number of likely N-dealkylation sites (tertiary alicyclic amines) is 1. The zero-order chi connectivity index (χ0) is 14.8. The standard InChI is InChI=1S/C14H25NO4/c1-9(2)6-10-7-11(12(16)17)15(8-10)13(18)19-14(3,4)5/h9-11H,6-8H2,1-5H3,(H,16,17)/t10-,11+/m1/s1. The van der Waals surface area contributed by atoms with Gasteiger partial charge in [0.2, 0.25) is 0 Å². The second-order valence-corrected chi connectivity index (χ2v) is 6.72. The van der Waals surface area contributed by atoms with Gasteiger partial charge in [0.1, 0.15) is 11.6 Å². The van der Waals surface area contributed by atoms with Gasteiger partial charge in [-0.15, -0.1) is 0 Å². The van der Waals surface area contributed by atoms with Crippen LogP contribution < -0.4 is 0 Å². The SMILES string of the molecule is CC(C)C[C@@H]1C[C@@H](C(=O)O)N(C(=O)OC(C)(C)C)C1. The van der Waals surface area contributed by atoms with Crippen molar-refractivity contribution in [1.82, 2.24) is 4.90 Å². The lowest BCUT2D eigenvalue weighted by Gasteiger charge is -2.26. The fourth-order valence-corrected chi connectivity index (χ4v) is 2.52. The van der Waals surface area contributed by atoms with Gasteiger partial charge in [0, 0.05) is 6.54 Å². The Labute approximate surface area is 114 Å². The van der Waals surface area contributed by atoms with Crippen molar-refractivity contribution in [2.45, 2.75) is 59.1 Å². The van der Waals surface area contributed by atoms with Crippen LogP contribution in [-0.4, -0.2) is 40.3 Å². The van der Waals surface area contributed by atoms with Crippen LogP contribution in [0.15, 0.2) is 0 Å². The van der Waals surface area contributed by atoms with E-state index in [0.29, 0.717) is 18.9 Å². The third-order valence-electron chi connectivity index (χ3n) is 3.11. The molecule has 1 amide bonds. The molecule has 2 atom stereocenters. The number of carbonyl (C=O) groups excluding carboxylic acids is 1. The van der Waals surface area contributed by atoms with Crippen molar-refractivity contribution in [3.8, 4) is 0 Å². The smallest absolute Gasteiger partial charge is 0.411 e. The van der Waals surface area contributed by atoms with Gasteiger partial charge in [-0.05, 0) is 45.4 Å². The van der Waals surface area contributed by atoms with Crippen molar-refractivity contribution in [2.75, 3.05) is 6.54 Å². The highest BCUT2D eigenvalue weighted by Crippen LogP contribution is 2.29. The molecule has 110 valence electrons. The van der Waals surface area contributed by atoms with Crippen LogP contribution in [0.25, 0.3) is 0 Å². The van der Waals surface area contributed by atoms with Crippen LogP contribution in [0.3, 0.4) is 0 Å². The lowest BCUT2D eigenvalue weighted by atomic mass is 9.95. The molecule has 1 fully saturated rings. The number of amides is 1. The summed E-state index contributed by atoms with van der Waals surface area (Å²) in [4.78, 5) is 24.7. The molecular formula is C14H25NO4. The summed E-state index contributed by atoms with van der Waals surface area (Å²) in [5.74, 6) is -0.205. The van der Waals surface area contributed by atoms with E-state index in [1.54, 1.807) is 20.8 Å². The number of hydrogen-bond donors (Lipinski definition) is 1. The van der Waals surface area contributed by atoms with Gasteiger partial charge in [-0.3, -0.25) is 4.90 Å². The largest absolute Gasteiger partial charge is 0.480 e. The Morgan fingerprint density at radius 2 is 1.95 bits per heavy atom. The number of nitrogens with zero attached hydrogens (tertiary/aromatic N) is 1. The van der Waals surface area contributed by atoms with Gasteiger partial charge in [-0.1, -0.05) is 13.8 Å². The lowest BCUT2D eigenvalue weighted by molar-refractivity contribution is -0.142. The van der Waals surface area contributed by atoms with E-state index < -0.39 is 23.7 Å². The second kappa shape index (κ2) is 5.80. The molecule has 0 unspecified atom stereocenters. The van der Waals surface area contributed by atoms with Gasteiger partial charge in [0.05, 0.1) is 0 Å². The number of carboxylic acid groups (broad SMARTS) is 1. The summed E-state index contributed by atoms with van der Waals surface area (Å²) < 4.78 is 5.28. The van der Waals surface area contributed by atoms with Crippen LogP contribution in [0.5, 0.6) is 0 Å². The average Bonchev–Trinajstić information content (AvgIpc) is 2.57. The molecule has 0 bridgehead atoms. The van der Waals surface area contributed by atoms with E-state index in [4.69, 9.17) is 4.74 Å². The van der Waals surface area contributed by atoms with E-state index in [1.807, 2.05) is 0 Å². The number of rotatable bonds is 3. The molecule has 0 radical (unpaired) electrons. The number of carbonyl (C=O) groups is 2. The highest BCUT2D eigenvalue weighted by Gasteiger charge is 2.41. The normalized spacial score (nSPS) is 23.8. The monoisotopic (exact) mass is 271 g/mol. The average molecular weight is 271 g/mol. The van der Waals surface area contributed by atoms with Crippen LogP contribution in [-0.2, 0) is 9.53 Å². The third kappa shape index (κ3) is 4.73. The Bertz CT molecular complexity index is 346. The molecule has 5 heteroatoms. The number of ether oxygens (including phenoxy) is 1. The molecule has 0 aromatic heterocycles. The number of aliphatic carboxylic acids is 1. The predicted octanol–water partition coefficient (Wildman–Crippen LogP) is 2.74. The van der Waals surface area contributed by atoms with E-state index in [2.05, 4.69) is 13.8 Å². The summed E-state index contributed by atoms with van der Waals surface area (Å²) in [6, 6.07) is -0.751. The molecule has 1 N–H and O–H groups in total. The van der Waals surface area contributed by atoms with E-state index in [1.165, 1.54) is 4.90 Å². The minimum atomic E-state index is -0.947. The maximum Gasteiger partial charge on any atom is 0.411 e. The van der Waals surface area contributed by atoms with Crippen LogP contribution in [0.4, 0.5) is 4.79 Å². The Morgan fingerprint density at radius 1 is 1.37 bits per heavy atom. The van der Waals surface area contributed by atoms with Crippen molar-refractivity contribution in [3.05, 3.63) is 0 Å². The first kappa shape index (κ1) is 15.8. The minimum absolute atomic E-state index is 0.244. The summed E-state index contributed by atoms with van der Waals surface area (Å²) in [7, 11) is 0. The van der Waals surface area contributed by atoms with Crippen LogP contribution >= 0.6 is 0 Å². The Kier molecular flexibility index (Phi) is 4.82. The van der Waals surface area contributed by atoms with Gasteiger partial charge in [-0.2, -0.15) is 0 Å². The first-order valence-electron chi connectivity index (χ1n) is 6.82. The number of hydrogen-bond acceptors (Lipinski definition) is 3. The van der Waals surface area contributed by atoms with Gasteiger partial charge in [0.15, 0.2) is 0 Å². The molecule has 1 aliphatic rings. The summed E-state index contributed by atoms with van der Waals surface area (Å²) in [5, 5.41) is 9.23. The van der Waals surface area contributed by atoms with Crippen LogP contribution in [0, 0.1) is 11.8 Å². The summed E-state index contributed by atoms with van der Waals surface area (Å²) >= 11 is 0. The summed E-state index contributed by atoms with van der Waals surface area (Å²) in [6.45, 7) is 10.0. The van der Waals surface area contributed by atoms with E-state index in [-0.39, 0.29) is 5.92 Å². The molecule has 0 spiro atoms. The first-order valence-corrected chi connectivity index (χ1v) is 6.82. The maximum absolute atomic E-state index is 12.0. The zero-order valence-electron chi connectivity index (χ0n) is 12.5. The topological polar surface area (TPSA) is 66.8 Å². The molecular weight excluding hydrogens is 246 g/mol. The first-order chi connectivity index (χ1) is 8.60. The number of carboxylic acids is 1. The lowest BCUT2D eigenvalue weighted by Crippen LogP contribution is -2.43. The van der Waals surface area contributed by atoms with Gasteiger partial charge < -0.3 is 9.84 Å². The molecule has 19 heavy (non-hydrogen) atoms. The van der Waals surface area contributed by atoms with Crippen molar-refractivity contribution in [3.63, 3.8) is 0 Å². The third-order valence-corrected chi connectivity index (χ3v) is 3.11. The zero-order valence-corrected chi connectivity index (χ0v) is 12.5. The quantitative estimate of drug-likeness (QED) is 0.857. The summed E-state index contributed by atoms with van der Waals surface area (Å²) in [6.07, 6.45) is 0.932. The Balaban J connectivity index is 2.74. The van der Waals surface area contributed by atoms with Crippen molar-refractivity contribution in [1.29, 1.82) is 0 Å². The van der Waals surface area contributed by atoms with Crippen LogP contribution in [0.1, 0.15) is 47.5 Å². The molecule has 1 rings (SSSR count). The van der Waals surface area contributed by atoms with E-state index >= 15 is 0 Å². The fourth-order valence-electron chi connectivity index (χ4n) is 2.52.